The summed E-state index contributed by atoms with van der Waals surface area (Å²) in [6, 6.07) is 22.0. The first-order chi connectivity index (χ1) is 13.6. The normalized spacial score (nSPS) is 14.5. The van der Waals surface area contributed by atoms with Gasteiger partial charge in [-0.1, -0.05) is 48.0 Å². The van der Waals surface area contributed by atoms with E-state index >= 15 is 0 Å². The summed E-state index contributed by atoms with van der Waals surface area (Å²) >= 11 is 5.99. The van der Waals surface area contributed by atoms with E-state index in [1.807, 2.05) is 42.5 Å². The van der Waals surface area contributed by atoms with E-state index in [4.69, 9.17) is 16.6 Å². The van der Waals surface area contributed by atoms with Crippen LogP contribution in [0.25, 0.3) is 22.2 Å². The van der Waals surface area contributed by atoms with Crippen LogP contribution in [0.3, 0.4) is 0 Å². The van der Waals surface area contributed by atoms with E-state index < -0.39 is 0 Å². The zero-order valence-corrected chi connectivity index (χ0v) is 15.5. The number of benzene rings is 3. The van der Waals surface area contributed by atoms with Gasteiger partial charge in [-0.05, 0) is 47.5 Å². The first-order valence-electron chi connectivity index (χ1n) is 8.91. The van der Waals surface area contributed by atoms with Crippen molar-refractivity contribution in [1.82, 2.24) is 9.55 Å². The summed E-state index contributed by atoms with van der Waals surface area (Å²) in [5.41, 5.74) is 3.50. The summed E-state index contributed by atoms with van der Waals surface area (Å²) in [4.78, 5) is 17.9. The molecule has 0 amide bonds. The van der Waals surface area contributed by atoms with Gasteiger partial charge in [-0.15, -0.1) is 0 Å². The van der Waals surface area contributed by atoms with Crippen molar-refractivity contribution in [3.63, 3.8) is 0 Å². The van der Waals surface area contributed by atoms with E-state index in [-0.39, 0.29) is 11.3 Å². The maximum atomic E-state index is 13.1. The van der Waals surface area contributed by atoms with Crippen LogP contribution >= 0.6 is 11.6 Å². The molecule has 5 rings (SSSR count). The molecular weight excluding hydrogens is 372 g/mol. The second kappa shape index (κ2) is 6.36. The number of aliphatic hydroxyl groups excluding tert-OH is 1. The minimum absolute atomic E-state index is 0.0692. The molecule has 0 unspecified atom stereocenters. The number of aliphatic hydroxyl groups is 1. The molecule has 1 aliphatic rings. The largest absolute Gasteiger partial charge is 0.507 e. The van der Waals surface area contributed by atoms with Crippen molar-refractivity contribution in [2.45, 2.75) is 6.54 Å². The molecule has 0 saturated heterocycles. The molecule has 28 heavy (non-hydrogen) atoms. The van der Waals surface area contributed by atoms with Gasteiger partial charge in [-0.3, -0.25) is 9.36 Å². The molecule has 0 aliphatic carbocycles. The van der Waals surface area contributed by atoms with Crippen molar-refractivity contribution in [2.24, 2.45) is 0 Å². The fraction of sp³-hybridized carbons (Fsp3) is 0.0435. The quantitative estimate of drug-likeness (QED) is 0.417. The first kappa shape index (κ1) is 16.8. The van der Waals surface area contributed by atoms with E-state index in [1.165, 1.54) is 0 Å². The third kappa shape index (κ3) is 2.53. The third-order valence-electron chi connectivity index (χ3n) is 5.05. The second-order valence-corrected chi connectivity index (χ2v) is 7.17. The second-order valence-electron chi connectivity index (χ2n) is 6.73. The number of para-hydroxylation sites is 1. The van der Waals surface area contributed by atoms with Crippen LogP contribution in [0, 0.1) is 0 Å². The molecule has 0 bridgehead atoms. The predicted octanol–water partition coefficient (Wildman–Crippen LogP) is 4.89. The summed E-state index contributed by atoms with van der Waals surface area (Å²) in [6.45, 7) is 0.416. The number of hydrogen-bond donors (Lipinski definition) is 1. The van der Waals surface area contributed by atoms with Gasteiger partial charge in [0.15, 0.2) is 0 Å². The lowest BCUT2D eigenvalue weighted by Crippen LogP contribution is -2.29. The Labute approximate surface area is 166 Å². The van der Waals surface area contributed by atoms with E-state index in [1.54, 1.807) is 34.9 Å². The van der Waals surface area contributed by atoms with Gasteiger partial charge in [-0.2, -0.15) is 0 Å². The standard InChI is InChI=1S/C23H15ClN2O2/c24-16-11-9-14(10-12-16)21(27)20-17-6-2-1-5-15(17)13-26-22(20)25-19-8-4-3-7-18(19)23(26)28/h1-12,27H,13H2/b21-20-. The van der Waals surface area contributed by atoms with Crippen LogP contribution in [0.15, 0.2) is 77.6 Å². The van der Waals surface area contributed by atoms with Crippen molar-refractivity contribution < 1.29 is 5.11 Å². The van der Waals surface area contributed by atoms with Gasteiger partial charge in [0.1, 0.15) is 11.6 Å². The summed E-state index contributed by atoms with van der Waals surface area (Å²) in [5.74, 6) is 0.537. The topological polar surface area (TPSA) is 55.1 Å². The van der Waals surface area contributed by atoms with Gasteiger partial charge >= 0.3 is 0 Å². The van der Waals surface area contributed by atoms with Crippen LogP contribution in [0.1, 0.15) is 22.5 Å². The number of fused-ring (bicyclic) bond motifs is 3. The molecule has 0 atom stereocenters. The summed E-state index contributed by atoms with van der Waals surface area (Å²) in [7, 11) is 0. The Morgan fingerprint density at radius 1 is 0.964 bits per heavy atom. The third-order valence-corrected chi connectivity index (χ3v) is 5.31. The van der Waals surface area contributed by atoms with Crippen LogP contribution in [0.5, 0.6) is 0 Å². The van der Waals surface area contributed by atoms with Crippen LogP contribution < -0.4 is 5.56 Å². The van der Waals surface area contributed by atoms with Gasteiger partial charge in [0, 0.05) is 10.6 Å². The minimum Gasteiger partial charge on any atom is -0.507 e. The highest BCUT2D eigenvalue weighted by Gasteiger charge is 2.26. The lowest BCUT2D eigenvalue weighted by atomic mass is 9.92. The van der Waals surface area contributed by atoms with Crippen molar-refractivity contribution >= 4 is 33.8 Å². The lowest BCUT2D eigenvalue weighted by Gasteiger charge is -2.24. The Balaban J connectivity index is 1.88. The molecule has 2 heterocycles. The Kier molecular flexibility index (Phi) is 3.81. The van der Waals surface area contributed by atoms with Crippen molar-refractivity contribution in [2.75, 3.05) is 0 Å². The van der Waals surface area contributed by atoms with Crippen molar-refractivity contribution in [1.29, 1.82) is 0 Å². The number of aromatic nitrogens is 2. The maximum Gasteiger partial charge on any atom is 0.261 e. The Morgan fingerprint density at radius 3 is 2.50 bits per heavy atom. The molecule has 0 saturated carbocycles. The predicted molar refractivity (Wildman–Crippen MR) is 112 cm³/mol. The minimum atomic E-state index is -0.114. The molecule has 0 spiro atoms. The average Bonchev–Trinajstić information content (AvgIpc) is 2.73. The molecule has 5 heteroatoms. The highest BCUT2D eigenvalue weighted by molar-refractivity contribution is 6.30. The van der Waals surface area contributed by atoms with Crippen LogP contribution in [0.4, 0.5) is 0 Å². The number of halogens is 1. The van der Waals surface area contributed by atoms with Crippen LogP contribution in [-0.4, -0.2) is 14.7 Å². The monoisotopic (exact) mass is 386 g/mol. The van der Waals surface area contributed by atoms with Gasteiger partial charge in [0.2, 0.25) is 0 Å². The molecule has 1 N–H and O–H groups in total. The van der Waals surface area contributed by atoms with Gasteiger partial charge in [-0.25, -0.2) is 4.98 Å². The molecule has 3 aromatic carbocycles. The zero-order chi connectivity index (χ0) is 19.3. The van der Waals surface area contributed by atoms with Crippen molar-refractivity contribution in [3.8, 4) is 0 Å². The molecule has 136 valence electrons. The molecule has 1 aromatic heterocycles. The Bertz CT molecular complexity index is 1320. The zero-order valence-electron chi connectivity index (χ0n) is 14.8. The highest BCUT2D eigenvalue weighted by atomic mass is 35.5. The van der Waals surface area contributed by atoms with Crippen LogP contribution in [0.2, 0.25) is 5.02 Å². The smallest absolute Gasteiger partial charge is 0.261 e. The first-order valence-corrected chi connectivity index (χ1v) is 9.28. The van der Waals surface area contributed by atoms with Gasteiger partial charge in [0.05, 0.1) is 23.0 Å². The molecule has 1 aliphatic heterocycles. The summed E-state index contributed by atoms with van der Waals surface area (Å²) in [6.07, 6.45) is 0. The molecule has 4 nitrogen and oxygen atoms in total. The maximum absolute atomic E-state index is 13.1. The number of nitrogens with zero attached hydrogens (tertiary/aromatic N) is 2. The van der Waals surface area contributed by atoms with Crippen molar-refractivity contribution in [3.05, 3.63) is 111 Å². The fourth-order valence-corrected chi connectivity index (χ4v) is 3.81. The molecule has 0 radical (unpaired) electrons. The Hall–Kier alpha value is -3.37. The SMILES string of the molecule is O=c1c2ccccc2nc2n1Cc1ccccc1/C2=C(/O)c1ccc(Cl)cc1. The fourth-order valence-electron chi connectivity index (χ4n) is 3.68. The van der Waals surface area contributed by atoms with E-state index in [0.717, 1.165) is 11.1 Å². The van der Waals surface area contributed by atoms with Gasteiger partial charge in [0.25, 0.3) is 5.56 Å². The molecule has 0 fully saturated rings. The summed E-state index contributed by atoms with van der Waals surface area (Å²) < 4.78 is 1.63. The average molecular weight is 387 g/mol. The highest BCUT2D eigenvalue weighted by Crippen LogP contribution is 2.35. The molecular formula is C23H15ClN2O2. The number of rotatable bonds is 1. The summed E-state index contributed by atoms with van der Waals surface area (Å²) in [5, 5.41) is 12.3. The molecule has 4 aromatic rings. The van der Waals surface area contributed by atoms with E-state index in [9.17, 15) is 9.90 Å². The van der Waals surface area contributed by atoms with Gasteiger partial charge < -0.3 is 5.11 Å². The van der Waals surface area contributed by atoms with E-state index in [0.29, 0.717) is 39.4 Å². The number of hydrogen-bond acceptors (Lipinski definition) is 3. The van der Waals surface area contributed by atoms with Crippen LogP contribution in [-0.2, 0) is 6.54 Å². The lowest BCUT2D eigenvalue weighted by molar-refractivity contribution is 0.512. The Morgan fingerprint density at radius 2 is 1.68 bits per heavy atom. The van der Waals surface area contributed by atoms with E-state index in [2.05, 4.69) is 0 Å².